The molecule has 1 fully saturated rings. The Labute approximate surface area is 91.2 Å². The van der Waals surface area contributed by atoms with Crippen LogP contribution in [0.15, 0.2) is 0 Å². The highest BCUT2D eigenvalue weighted by Gasteiger charge is 2.29. The molecule has 1 aliphatic rings. The molecule has 1 aliphatic carbocycles. The first kappa shape index (κ1) is 12.5. The Bertz CT molecular complexity index is 204. The minimum atomic E-state index is -0.708. The van der Waals surface area contributed by atoms with E-state index in [9.17, 15) is 4.79 Å². The van der Waals surface area contributed by atoms with Gasteiger partial charge >= 0.3 is 5.97 Å². The maximum absolute atomic E-state index is 10.5. The quantitative estimate of drug-likeness (QED) is 0.661. The maximum Gasteiger partial charge on any atom is 0.304 e. The lowest BCUT2D eigenvalue weighted by atomic mass is 10.2. The smallest absolute Gasteiger partial charge is 0.304 e. The second-order valence-corrected chi connectivity index (χ2v) is 4.43. The molecule has 1 N–H and O–H groups in total. The lowest BCUT2D eigenvalue weighted by Gasteiger charge is -2.24. The summed E-state index contributed by atoms with van der Waals surface area (Å²) in [6, 6.07) is 0.628. The monoisotopic (exact) mass is 215 g/mol. The number of ether oxygens (including phenoxy) is 1. The standard InChI is InChI=1S/C11H21NO3/c1-9(8-15-2)7-12(10-3-4-10)6-5-11(13)14/h9-10H,3-8H2,1-2H3,(H,13,14). The van der Waals surface area contributed by atoms with E-state index in [2.05, 4.69) is 11.8 Å². The van der Waals surface area contributed by atoms with Crippen LogP contribution in [-0.4, -0.2) is 48.8 Å². The third-order valence-electron chi connectivity index (χ3n) is 2.67. The molecule has 1 saturated carbocycles. The van der Waals surface area contributed by atoms with E-state index in [-0.39, 0.29) is 6.42 Å². The van der Waals surface area contributed by atoms with Crippen LogP contribution < -0.4 is 0 Å². The molecule has 4 heteroatoms. The van der Waals surface area contributed by atoms with Gasteiger partial charge in [0.2, 0.25) is 0 Å². The second-order valence-electron chi connectivity index (χ2n) is 4.43. The first-order valence-electron chi connectivity index (χ1n) is 5.58. The summed E-state index contributed by atoms with van der Waals surface area (Å²) in [5.74, 6) is -0.232. The van der Waals surface area contributed by atoms with Crippen molar-refractivity contribution >= 4 is 5.97 Å². The van der Waals surface area contributed by atoms with Crippen molar-refractivity contribution < 1.29 is 14.6 Å². The Balaban J connectivity index is 2.26. The SMILES string of the molecule is COCC(C)CN(CCC(=O)O)C1CC1. The summed E-state index contributed by atoms with van der Waals surface area (Å²) >= 11 is 0. The molecule has 0 heterocycles. The fourth-order valence-corrected chi connectivity index (χ4v) is 1.84. The second kappa shape index (κ2) is 6.08. The van der Waals surface area contributed by atoms with Gasteiger partial charge in [0.1, 0.15) is 0 Å². The Morgan fingerprint density at radius 2 is 2.27 bits per heavy atom. The summed E-state index contributed by atoms with van der Waals surface area (Å²) in [7, 11) is 1.70. The molecule has 1 unspecified atom stereocenters. The molecule has 0 aliphatic heterocycles. The minimum absolute atomic E-state index is 0.246. The van der Waals surface area contributed by atoms with E-state index < -0.39 is 5.97 Å². The molecular formula is C11H21NO3. The highest BCUT2D eigenvalue weighted by molar-refractivity contribution is 5.66. The van der Waals surface area contributed by atoms with Gasteiger partial charge in [0.05, 0.1) is 6.42 Å². The summed E-state index contributed by atoms with van der Waals surface area (Å²) in [5, 5.41) is 8.65. The zero-order valence-electron chi connectivity index (χ0n) is 9.61. The number of carboxylic acid groups (broad SMARTS) is 1. The Morgan fingerprint density at radius 3 is 2.73 bits per heavy atom. The van der Waals surface area contributed by atoms with Gasteiger partial charge in [0.15, 0.2) is 0 Å². The van der Waals surface area contributed by atoms with Crippen LogP contribution in [0.2, 0.25) is 0 Å². The molecule has 0 aromatic heterocycles. The van der Waals surface area contributed by atoms with Crippen LogP contribution in [0, 0.1) is 5.92 Å². The van der Waals surface area contributed by atoms with Crippen molar-refractivity contribution in [3.05, 3.63) is 0 Å². The number of hydrogen-bond donors (Lipinski definition) is 1. The van der Waals surface area contributed by atoms with Crippen molar-refractivity contribution in [3.8, 4) is 0 Å². The Hall–Kier alpha value is -0.610. The van der Waals surface area contributed by atoms with E-state index in [1.54, 1.807) is 7.11 Å². The summed E-state index contributed by atoms with van der Waals surface area (Å²) in [4.78, 5) is 12.8. The van der Waals surface area contributed by atoms with Gasteiger partial charge in [0, 0.05) is 32.8 Å². The number of carboxylic acids is 1. The molecule has 0 aromatic rings. The van der Waals surface area contributed by atoms with E-state index in [4.69, 9.17) is 9.84 Å². The van der Waals surface area contributed by atoms with Crippen molar-refractivity contribution in [2.75, 3.05) is 26.8 Å². The average Bonchev–Trinajstić information content (AvgIpc) is 2.95. The lowest BCUT2D eigenvalue weighted by molar-refractivity contribution is -0.137. The van der Waals surface area contributed by atoms with E-state index in [1.165, 1.54) is 12.8 Å². The van der Waals surface area contributed by atoms with Crippen molar-refractivity contribution in [1.29, 1.82) is 0 Å². The zero-order chi connectivity index (χ0) is 11.3. The molecule has 4 nitrogen and oxygen atoms in total. The molecule has 88 valence electrons. The predicted molar refractivity (Wildman–Crippen MR) is 57.9 cm³/mol. The molecule has 0 saturated heterocycles. The third kappa shape index (κ3) is 5.14. The summed E-state index contributed by atoms with van der Waals surface area (Å²) in [6.45, 7) is 4.51. The van der Waals surface area contributed by atoms with Gasteiger partial charge in [-0.05, 0) is 18.8 Å². The number of aliphatic carboxylic acids is 1. The van der Waals surface area contributed by atoms with Crippen molar-refractivity contribution in [1.82, 2.24) is 4.90 Å². The van der Waals surface area contributed by atoms with E-state index in [1.807, 2.05) is 0 Å². The largest absolute Gasteiger partial charge is 0.481 e. The fourth-order valence-electron chi connectivity index (χ4n) is 1.84. The van der Waals surface area contributed by atoms with Gasteiger partial charge < -0.3 is 9.84 Å². The van der Waals surface area contributed by atoms with E-state index in [0.717, 1.165) is 13.2 Å². The van der Waals surface area contributed by atoms with Gasteiger partial charge in [-0.3, -0.25) is 9.69 Å². The lowest BCUT2D eigenvalue weighted by Crippen LogP contribution is -2.34. The van der Waals surface area contributed by atoms with Crippen molar-refractivity contribution in [2.45, 2.75) is 32.2 Å². The minimum Gasteiger partial charge on any atom is -0.481 e. The summed E-state index contributed by atoms with van der Waals surface area (Å²) in [5.41, 5.74) is 0. The summed E-state index contributed by atoms with van der Waals surface area (Å²) < 4.78 is 5.09. The average molecular weight is 215 g/mol. The van der Waals surface area contributed by atoms with Crippen LogP contribution >= 0.6 is 0 Å². The Morgan fingerprint density at radius 1 is 1.60 bits per heavy atom. The number of hydrogen-bond acceptors (Lipinski definition) is 3. The molecule has 1 atom stereocenters. The van der Waals surface area contributed by atoms with Gasteiger partial charge in [-0.1, -0.05) is 6.92 Å². The van der Waals surface area contributed by atoms with Crippen molar-refractivity contribution in [2.24, 2.45) is 5.92 Å². The highest BCUT2D eigenvalue weighted by atomic mass is 16.5. The van der Waals surface area contributed by atoms with Crippen LogP contribution in [0.3, 0.4) is 0 Å². The van der Waals surface area contributed by atoms with Crippen LogP contribution in [0.4, 0.5) is 0 Å². The molecule has 0 bridgehead atoms. The summed E-state index contributed by atoms with van der Waals surface area (Å²) in [6.07, 6.45) is 2.69. The van der Waals surface area contributed by atoms with Gasteiger partial charge in [0.25, 0.3) is 0 Å². The van der Waals surface area contributed by atoms with Crippen LogP contribution in [-0.2, 0) is 9.53 Å². The number of methoxy groups -OCH3 is 1. The Kier molecular flexibility index (Phi) is 5.05. The number of nitrogens with zero attached hydrogens (tertiary/aromatic N) is 1. The molecular weight excluding hydrogens is 194 g/mol. The van der Waals surface area contributed by atoms with Crippen LogP contribution in [0.25, 0.3) is 0 Å². The molecule has 0 aromatic carbocycles. The zero-order valence-corrected chi connectivity index (χ0v) is 9.61. The van der Waals surface area contributed by atoms with Crippen LogP contribution in [0.1, 0.15) is 26.2 Å². The van der Waals surface area contributed by atoms with Crippen LogP contribution in [0.5, 0.6) is 0 Å². The third-order valence-corrected chi connectivity index (χ3v) is 2.67. The topological polar surface area (TPSA) is 49.8 Å². The van der Waals surface area contributed by atoms with Gasteiger partial charge in [-0.15, -0.1) is 0 Å². The molecule has 0 radical (unpaired) electrons. The molecule has 1 rings (SSSR count). The first-order chi connectivity index (χ1) is 7.13. The normalized spacial score (nSPS) is 18.1. The first-order valence-corrected chi connectivity index (χ1v) is 5.58. The van der Waals surface area contributed by atoms with E-state index in [0.29, 0.717) is 18.5 Å². The van der Waals surface area contributed by atoms with E-state index >= 15 is 0 Å². The maximum atomic E-state index is 10.5. The fraction of sp³-hybridized carbons (Fsp3) is 0.909. The molecule has 0 spiro atoms. The highest BCUT2D eigenvalue weighted by Crippen LogP contribution is 2.27. The molecule has 15 heavy (non-hydrogen) atoms. The van der Waals surface area contributed by atoms with Gasteiger partial charge in [-0.2, -0.15) is 0 Å². The number of carbonyl (C=O) groups is 1. The molecule has 0 amide bonds. The van der Waals surface area contributed by atoms with Crippen molar-refractivity contribution in [3.63, 3.8) is 0 Å². The number of rotatable bonds is 8. The van der Waals surface area contributed by atoms with Gasteiger partial charge in [-0.25, -0.2) is 0 Å². The predicted octanol–water partition coefficient (Wildman–Crippen LogP) is 1.21.